The van der Waals surface area contributed by atoms with Gasteiger partial charge in [0, 0.05) is 17.5 Å². The Morgan fingerprint density at radius 3 is 2.57 bits per heavy atom. The van der Waals surface area contributed by atoms with Crippen LogP contribution in [0.1, 0.15) is 29.7 Å². The summed E-state index contributed by atoms with van der Waals surface area (Å²) in [6, 6.07) is 4.74. The molecule has 0 aliphatic heterocycles. The van der Waals surface area contributed by atoms with Gasteiger partial charge < -0.3 is 9.63 Å². The zero-order chi connectivity index (χ0) is 16.6. The largest absolute Gasteiger partial charge is 0.481 e. The molecule has 0 spiro atoms. The van der Waals surface area contributed by atoms with E-state index in [9.17, 15) is 18.0 Å². The minimum Gasteiger partial charge on any atom is -0.481 e. The van der Waals surface area contributed by atoms with Gasteiger partial charge in [-0.3, -0.25) is 4.79 Å². The predicted octanol–water partition coefficient (Wildman–Crippen LogP) is 3.94. The molecule has 1 atom stereocenters. The average Bonchev–Trinajstić information content (AvgIpc) is 2.76. The van der Waals surface area contributed by atoms with Crippen molar-refractivity contribution in [3.63, 3.8) is 0 Å². The van der Waals surface area contributed by atoms with E-state index in [0.29, 0.717) is 36.3 Å². The third-order valence-electron chi connectivity index (χ3n) is 4.12. The molecule has 1 aliphatic rings. The third-order valence-corrected chi connectivity index (χ3v) is 4.12. The lowest BCUT2D eigenvalue weighted by Gasteiger charge is -2.07. The van der Waals surface area contributed by atoms with Gasteiger partial charge in [0.15, 0.2) is 0 Å². The standard InChI is InChI=1S/C16H14F3NO3/c17-16(18,19)11-6-4-9(5-7-11)14-12-3-1-2-10(15(21)22)8-13(12)23-20-14/h4-7,10H,1-3,8H2,(H,21,22). The van der Waals surface area contributed by atoms with Crippen LogP contribution in [0.25, 0.3) is 11.3 Å². The van der Waals surface area contributed by atoms with Gasteiger partial charge >= 0.3 is 12.1 Å². The molecule has 1 heterocycles. The highest BCUT2D eigenvalue weighted by atomic mass is 19.4. The number of rotatable bonds is 2. The van der Waals surface area contributed by atoms with Crippen molar-refractivity contribution in [3.05, 3.63) is 41.2 Å². The van der Waals surface area contributed by atoms with Gasteiger partial charge in [0.25, 0.3) is 0 Å². The fraction of sp³-hybridized carbons (Fsp3) is 0.375. The Morgan fingerprint density at radius 2 is 1.96 bits per heavy atom. The Morgan fingerprint density at radius 1 is 1.26 bits per heavy atom. The second kappa shape index (κ2) is 5.72. The molecular weight excluding hydrogens is 311 g/mol. The molecule has 23 heavy (non-hydrogen) atoms. The number of alkyl halides is 3. The molecule has 1 N–H and O–H groups in total. The monoisotopic (exact) mass is 325 g/mol. The Bertz CT molecular complexity index is 719. The SMILES string of the molecule is O=C(O)C1CCCc2c(-c3ccc(C(F)(F)F)cc3)noc2C1. The van der Waals surface area contributed by atoms with E-state index in [0.717, 1.165) is 17.7 Å². The number of hydrogen-bond donors (Lipinski definition) is 1. The van der Waals surface area contributed by atoms with Crippen molar-refractivity contribution in [2.24, 2.45) is 5.92 Å². The van der Waals surface area contributed by atoms with E-state index < -0.39 is 23.6 Å². The van der Waals surface area contributed by atoms with E-state index in [2.05, 4.69) is 5.16 Å². The number of carboxylic acids is 1. The lowest BCUT2D eigenvalue weighted by Crippen LogP contribution is -2.15. The van der Waals surface area contributed by atoms with Crippen LogP contribution in [-0.4, -0.2) is 16.2 Å². The van der Waals surface area contributed by atoms with Gasteiger partial charge in [-0.05, 0) is 31.4 Å². The minimum atomic E-state index is -4.38. The fourth-order valence-electron chi connectivity index (χ4n) is 2.87. The quantitative estimate of drug-likeness (QED) is 0.850. The summed E-state index contributed by atoms with van der Waals surface area (Å²) >= 11 is 0. The number of halogens is 3. The maximum absolute atomic E-state index is 12.6. The number of nitrogens with zero attached hydrogens (tertiary/aromatic N) is 1. The second-order valence-electron chi connectivity index (χ2n) is 5.64. The van der Waals surface area contributed by atoms with E-state index in [1.165, 1.54) is 12.1 Å². The molecule has 0 saturated heterocycles. The smallest absolute Gasteiger partial charge is 0.416 e. The lowest BCUT2D eigenvalue weighted by atomic mass is 10.0. The highest BCUT2D eigenvalue weighted by Crippen LogP contribution is 2.34. The van der Waals surface area contributed by atoms with Gasteiger partial charge in [0.05, 0.1) is 11.5 Å². The highest BCUT2D eigenvalue weighted by Gasteiger charge is 2.31. The van der Waals surface area contributed by atoms with Crippen LogP contribution in [0, 0.1) is 5.92 Å². The first-order chi connectivity index (χ1) is 10.9. The zero-order valence-corrected chi connectivity index (χ0v) is 12.1. The van der Waals surface area contributed by atoms with Crippen LogP contribution in [0.3, 0.4) is 0 Å². The van der Waals surface area contributed by atoms with Gasteiger partial charge in [-0.15, -0.1) is 0 Å². The maximum atomic E-state index is 12.6. The van der Waals surface area contributed by atoms with E-state index in [1.807, 2.05) is 0 Å². The average molecular weight is 325 g/mol. The van der Waals surface area contributed by atoms with Crippen molar-refractivity contribution < 1.29 is 27.6 Å². The van der Waals surface area contributed by atoms with Crippen molar-refractivity contribution in [2.75, 3.05) is 0 Å². The molecule has 0 bridgehead atoms. The molecule has 0 radical (unpaired) electrons. The summed E-state index contributed by atoms with van der Waals surface area (Å²) in [6.45, 7) is 0. The number of hydrogen-bond acceptors (Lipinski definition) is 3. The summed E-state index contributed by atoms with van der Waals surface area (Å²) in [7, 11) is 0. The number of carboxylic acid groups (broad SMARTS) is 1. The van der Waals surface area contributed by atoms with Gasteiger partial charge in [-0.25, -0.2) is 0 Å². The molecule has 0 saturated carbocycles. The molecule has 1 aromatic carbocycles. The van der Waals surface area contributed by atoms with Gasteiger partial charge in [0.2, 0.25) is 0 Å². The predicted molar refractivity (Wildman–Crippen MR) is 74.7 cm³/mol. The van der Waals surface area contributed by atoms with E-state index in [1.54, 1.807) is 0 Å². The minimum absolute atomic E-state index is 0.262. The molecule has 4 nitrogen and oxygen atoms in total. The Balaban J connectivity index is 1.92. The van der Waals surface area contributed by atoms with Crippen LogP contribution >= 0.6 is 0 Å². The summed E-state index contributed by atoms with van der Waals surface area (Å²) in [4.78, 5) is 11.2. The van der Waals surface area contributed by atoms with Crippen LogP contribution in [0.5, 0.6) is 0 Å². The topological polar surface area (TPSA) is 63.3 Å². The first-order valence-corrected chi connectivity index (χ1v) is 7.24. The molecule has 1 aliphatic carbocycles. The van der Waals surface area contributed by atoms with E-state index in [4.69, 9.17) is 9.63 Å². The van der Waals surface area contributed by atoms with Crippen molar-refractivity contribution in [1.29, 1.82) is 0 Å². The summed E-state index contributed by atoms with van der Waals surface area (Å²) in [5.41, 5.74) is 1.12. The lowest BCUT2D eigenvalue weighted by molar-refractivity contribution is -0.142. The van der Waals surface area contributed by atoms with Crippen molar-refractivity contribution >= 4 is 5.97 Å². The van der Waals surface area contributed by atoms with Crippen LogP contribution in [0.2, 0.25) is 0 Å². The fourth-order valence-corrected chi connectivity index (χ4v) is 2.87. The van der Waals surface area contributed by atoms with Crippen molar-refractivity contribution in [2.45, 2.75) is 31.9 Å². The van der Waals surface area contributed by atoms with Crippen LogP contribution in [0.15, 0.2) is 28.8 Å². The number of carbonyl (C=O) groups is 1. The van der Waals surface area contributed by atoms with Crippen molar-refractivity contribution in [3.8, 4) is 11.3 Å². The molecule has 2 aromatic rings. The first kappa shape index (κ1) is 15.6. The Kier molecular flexibility index (Phi) is 3.87. The first-order valence-electron chi connectivity index (χ1n) is 7.24. The highest BCUT2D eigenvalue weighted by molar-refractivity contribution is 5.71. The number of aliphatic carboxylic acids is 1. The maximum Gasteiger partial charge on any atom is 0.416 e. The molecule has 0 amide bonds. The van der Waals surface area contributed by atoms with Gasteiger partial charge in [-0.2, -0.15) is 13.2 Å². The molecule has 122 valence electrons. The van der Waals surface area contributed by atoms with Gasteiger partial charge in [0.1, 0.15) is 11.5 Å². The van der Waals surface area contributed by atoms with Crippen LogP contribution < -0.4 is 0 Å². The van der Waals surface area contributed by atoms with Crippen molar-refractivity contribution in [1.82, 2.24) is 5.16 Å². The van der Waals surface area contributed by atoms with Crippen LogP contribution in [-0.2, 0) is 23.8 Å². The second-order valence-corrected chi connectivity index (χ2v) is 5.64. The van der Waals surface area contributed by atoms with Crippen LogP contribution in [0.4, 0.5) is 13.2 Å². The molecule has 1 aromatic heterocycles. The molecule has 7 heteroatoms. The molecular formula is C16H14F3NO3. The van der Waals surface area contributed by atoms with E-state index >= 15 is 0 Å². The summed E-state index contributed by atoms with van der Waals surface area (Å²) in [6.07, 6.45) is -2.28. The number of aromatic nitrogens is 1. The van der Waals surface area contributed by atoms with E-state index in [-0.39, 0.29) is 6.42 Å². The zero-order valence-electron chi connectivity index (χ0n) is 12.1. The molecule has 0 fully saturated rings. The summed E-state index contributed by atoms with van der Waals surface area (Å²) in [5, 5.41) is 13.1. The Hall–Kier alpha value is -2.31. The third kappa shape index (κ3) is 3.09. The van der Waals surface area contributed by atoms with Gasteiger partial charge in [-0.1, -0.05) is 17.3 Å². The summed E-state index contributed by atoms with van der Waals surface area (Å²) in [5.74, 6) is -0.861. The Labute approximate surface area is 129 Å². The number of benzene rings is 1. The number of fused-ring (bicyclic) bond motifs is 1. The molecule has 1 unspecified atom stereocenters. The molecule has 3 rings (SSSR count). The normalized spacial score (nSPS) is 18.3. The summed E-state index contributed by atoms with van der Waals surface area (Å²) < 4.78 is 43.1.